The van der Waals surface area contributed by atoms with Crippen LogP contribution in [0.15, 0.2) is 11.1 Å². The topological polar surface area (TPSA) is 92.1 Å². The number of nitrogen functional groups attached to an aromatic ring is 1. The molecule has 1 atom stereocenters. The molecule has 1 aliphatic rings. The van der Waals surface area contributed by atoms with Crippen molar-refractivity contribution in [1.29, 1.82) is 0 Å². The number of thioether (sulfide) groups is 1. The van der Waals surface area contributed by atoms with Gasteiger partial charge in [-0.2, -0.15) is 21.2 Å². The number of hydrogen-bond donors (Lipinski definition) is 2. The van der Waals surface area contributed by atoms with E-state index in [2.05, 4.69) is 10.2 Å². The number of rotatable bonds is 2. The van der Waals surface area contributed by atoms with Gasteiger partial charge in [0.15, 0.2) is 0 Å². The molecular formula is C8H14N4O2S2. The average Bonchev–Trinajstić information content (AvgIpc) is 2.65. The highest BCUT2D eigenvalue weighted by Crippen LogP contribution is 2.25. The van der Waals surface area contributed by atoms with Crippen LogP contribution in [-0.2, 0) is 10.0 Å². The molecule has 3 N–H and O–H groups in total. The monoisotopic (exact) mass is 262 g/mol. The second-order valence-corrected chi connectivity index (χ2v) is 7.15. The second-order valence-electron chi connectivity index (χ2n) is 3.69. The Kier molecular flexibility index (Phi) is 3.13. The van der Waals surface area contributed by atoms with Crippen LogP contribution in [0.25, 0.3) is 0 Å². The Balaban J connectivity index is 2.29. The van der Waals surface area contributed by atoms with Crippen molar-refractivity contribution in [3.63, 3.8) is 0 Å². The fraction of sp³-hybridized carbons (Fsp3) is 0.625. The third-order valence-corrected chi connectivity index (χ3v) is 5.48. The standard InChI is InChI=1S/C8H14N4O2S2/c1-6-5-12(2-3-15-6)16(13,14)7-4-10-11-8(7)9/h4,6H,2-3,5H2,1H3,(H3,9,10,11). The van der Waals surface area contributed by atoms with Crippen molar-refractivity contribution in [3.8, 4) is 0 Å². The Hall–Kier alpha value is -0.730. The number of nitrogens with one attached hydrogen (secondary N) is 1. The predicted octanol–water partition coefficient (Wildman–Crippen LogP) is 0.118. The van der Waals surface area contributed by atoms with Crippen LogP contribution in [0.3, 0.4) is 0 Å². The summed E-state index contributed by atoms with van der Waals surface area (Å²) in [6.45, 7) is 3.07. The van der Waals surface area contributed by atoms with Crippen molar-refractivity contribution < 1.29 is 8.42 Å². The molecule has 1 aliphatic heterocycles. The van der Waals surface area contributed by atoms with Gasteiger partial charge in [0.1, 0.15) is 10.7 Å². The molecule has 0 saturated carbocycles. The van der Waals surface area contributed by atoms with Crippen molar-refractivity contribution >= 4 is 27.6 Å². The third kappa shape index (κ3) is 2.04. The van der Waals surface area contributed by atoms with Crippen LogP contribution in [-0.4, -0.2) is 47.0 Å². The fourth-order valence-electron chi connectivity index (χ4n) is 1.63. The maximum absolute atomic E-state index is 12.2. The van der Waals surface area contributed by atoms with E-state index in [-0.39, 0.29) is 10.7 Å². The summed E-state index contributed by atoms with van der Waals surface area (Å²) in [6.07, 6.45) is 1.26. The van der Waals surface area contributed by atoms with E-state index in [9.17, 15) is 8.42 Å². The first-order valence-electron chi connectivity index (χ1n) is 4.92. The van der Waals surface area contributed by atoms with E-state index in [4.69, 9.17) is 5.73 Å². The smallest absolute Gasteiger partial charge is 0.248 e. The van der Waals surface area contributed by atoms with Crippen molar-refractivity contribution in [1.82, 2.24) is 14.5 Å². The number of nitrogens with zero attached hydrogens (tertiary/aromatic N) is 2. The Labute approximate surface area is 98.6 Å². The van der Waals surface area contributed by atoms with Crippen molar-refractivity contribution in [2.45, 2.75) is 17.1 Å². The van der Waals surface area contributed by atoms with Gasteiger partial charge in [0, 0.05) is 24.1 Å². The largest absolute Gasteiger partial charge is 0.383 e. The molecule has 8 heteroatoms. The number of H-pyrrole nitrogens is 1. The summed E-state index contributed by atoms with van der Waals surface area (Å²) < 4.78 is 25.9. The van der Waals surface area contributed by atoms with Gasteiger partial charge in [-0.05, 0) is 0 Å². The lowest BCUT2D eigenvalue weighted by atomic mass is 10.4. The van der Waals surface area contributed by atoms with E-state index in [0.717, 1.165) is 5.75 Å². The molecule has 1 saturated heterocycles. The van der Waals surface area contributed by atoms with Gasteiger partial charge < -0.3 is 5.73 Å². The molecule has 0 spiro atoms. The lowest BCUT2D eigenvalue weighted by molar-refractivity contribution is 0.424. The molecule has 0 radical (unpaired) electrons. The average molecular weight is 262 g/mol. The Morgan fingerprint density at radius 2 is 2.44 bits per heavy atom. The van der Waals surface area contributed by atoms with Gasteiger partial charge in [0.05, 0.1) is 6.20 Å². The lowest BCUT2D eigenvalue weighted by Crippen LogP contribution is -2.41. The fourth-order valence-corrected chi connectivity index (χ4v) is 4.40. The molecule has 90 valence electrons. The van der Waals surface area contributed by atoms with Gasteiger partial charge in [0.2, 0.25) is 10.0 Å². The molecule has 2 heterocycles. The first-order valence-corrected chi connectivity index (χ1v) is 7.41. The van der Waals surface area contributed by atoms with Crippen LogP contribution >= 0.6 is 11.8 Å². The Morgan fingerprint density at radius 3 is 3.00 bits per heavy atom. The van der Waals surface area contributed by atoms with Crippen molar-refractivity contribution in [2.75, 3.05) is 24.6 Å². The lowest BCUT2D eigenvalue weighted by Gasteiger charge is -2.29. The highest BCUT2D eigenvalue weighted by molar-refractivity contribution is 8.00. The summed E-state index contributed by atoms with van der Waals surface area (Å²) in [7, 11) is -3.48. The molecular weight excluding hydrogens is 248 g/mol. The van der Waals surface area contributed by atoms with E-state index in [1.165, 1.54) is 10.5 Å². The van der Waals surface area contributed by atoms with Gasteiger partial charge in [-0.25, -0.2) is 8.42 Å². The number of sulfonamides is 1. The maximum atomic E-state index is 12.2. The predicted molar refractivity (Wildman–Crippen MR) is 63.7 cm³/mol. The molecule has 1 aromatic heterocycles. The summed E-state index contributed by atoms with van der Waals surface area (Å²) in [5, 5.41) is 6.40. The first kappa shape index (κ1) is 11.7. The van der Waals surface area contributed by atoms with Crippen LogP contribution in [0.1, 0.15) is 6.92 Å². The zero-order valence-corrected chi connectivity index (χ0v) is 10.5. The van der Waals surface area contributed by atoms with E-state index in [0.29, 0.717) is 18.3 Å². The molecule has 0 bridgehead atoms. The van der Waals surface area contributed by atoms with E-state index in [1.807, 2.05) is 6.92 Å². The minimum absolute atomic E-state index is 0.0756. The molecule has 1 fully saturated rings. The van der Waals surface area contributed by atoms with Gasteiger partial charge in [-0.1, -0.05) is 6.92 Å². The molecule has 6 nitrogen and oxygen atoms in total. The summed E-state index contributed by atoms with van der Waals surface area (Å²) in [5.41, 5.74) is 5.54. The number of nitrogens with two attached hydrogens (primary N) is 1. The summed E-state index contributed by atoms with van der Waals surface area (Å²) in [5.74, 6) is 0.920. The molecule has 1 unspecified atom stereocenters. The van der Waals surface area contributed by atoms with Crippen LogP contribution in [0, 0.1) is 0 Å². The van der Waals surface area contributed by atoms with Crippen LogP contribution in [0.2, 0.25) is 0 Å². The SMILES string of the molecule is CC1CN(S(=O)(=O)c2cn[nH]c2N)CCS1. The number of anilines is 1. The highest BCUT2D eigenvalue weighted by Gasteiger charge is 2.31. The highest BCUT2D eigenvalue weighted by atomic mass is 32.2. The van der Waals surface area contributed by atoms with Gasteiger partial charge in [0.25, 0.3) is 0 Å². The summed E-state index contributed by atoms with van der Waals surface area (Å²) >= 11 is 1.78. The van der Waals surface area contributed by atoms with E-state index in [1.54, 1.807) is 11.8 Å². The number of hydrogen-bond acceptors (Lipinski definition) is 5. The van der Waals surface area contributed by atoms with E-state index < -0.39 is 10.0 Å². The molecule has 2 rings (SSSR count). The van der Waals surface area contributed by atoms with Gasteiger partial charge >= 0.3 is 0 Å². The van der Waals surface area contributed by atoms with Gasteiger partial charge in [-0.3, -0.25) is 5.10 Å². The zero-order chi connectivity index (χ0) is 11.8. The van der Waals surface area contributed by atoms with Crippen LogP contribution in [0.4, 0.5) is 5.82 Å². The van der Waals surface area contributed by atoms with Crippen molar-refractivity contribution in [2.24, 2.45) is 0 Å². The summed E-state index contributed by atoms with van der Waals surface area (Å²) in [4.78, 5) is 0.0756. The van der Waals surface area contributed by atoms with Crippen LogP contribution < -0.4 is 5.73 Å². The second kappa shape index (κ2) is 4.27. The number of aromatic amines is 1. The Bertz CT molecular complexity index is 470. The normalized spacial score (nSPS) is 23.4. The zero-order valence-electron chi connectivity index (χ0n) is 8.88. The van der Waals surface area contributed by atoms with Gasteiger partial charge in [-0.15, -0.1) is 0 Å². The minimum Gasteiger partial charge on any atom is -0.383 e. The van der Waals surface area contributed by atoms with Crippen LogP contribution in [0.5, 0.6) is 0 Å². The molecule has 0 amide bonds. The maximum Gasteiger partial charge on any atom is 0.248 e. The molecule has 16 heavy (non-hydrogen) atoms. The number of aromatic nitrogens is 2. The molecule has 0 aliphatic carbocycles. The molecule has 1 aromatic rings. The summed E-state index contributed by atoms with van der Waals surface area (Å²) in [6, 6.07) is 0. The van der Waals surface area contributed by atoms with Crippen molar-refractivity contribution in [3.05, 3.63) is 6.20 Å². The third-order valence-electron chi connectivity index (χ3n) is 2.45. The minimum atomic E-state index is -3.48. The quantitative estimate of drug-likeness (QED) is 0.789. The van der Waals surface area contributed by atoms with E-state index >= 15 is 0 Å². The first-order chi connectivity index (χ1) is 7.51. The Morgan fingerprint density at radius 1 is 1.69 bits per heavy atom. The molecule has 0 aromatic carbocycles.